The van der Waals surface area contributed by atoms with Crippen LogP contribution in [0.1, 0.15) is 30.9 Å². The van der Waals surface area contributed by atoms with Crippen LogP contribution in [0.25, 0.3) is 0 Å². The van der Waals surface area contributed by atoms with Crippen LogP contribution in [0.4, 0.5) is 0 Å². The average Bonchev–Trinajstić information content (AvgIpc) is 2.92. The molecule has 1 amide bonds. The van der Waals surface area contributed by atoms with Crippen molar-refractivity contribution in [1.82, 2.24) is 9.96 Å². The van der Waals surface area contributed by atoms with E-state index in [1.807, 2.05) is 41.3 Å². The summed E-state index contributed by atoms with van der Waals surface area (Å²) in [6.07, 6.45) is 3.97. The molecule has 0 radical (unpaired) electrons. The Morgan fingerprint density at radius 3 is 3.00 bits per heavy atom. The van der Waals surface area contributed by atoms with Crippen molar-refractivity contribution in [2.45, 2.75) is 31.3 Å². The van der Waals surface area contributed by atoms with E-state index in [1.165, 1.54) is 5.56 Å². The third-order valence-corrected chi connectivity index (χ3v) is 5.64. The zero-order valence-electron chi connectivity index (χ0n) is 13.5. The molecule has 3 rings (SSSR count). The number of rotatable bonds is 4. The van der Waals surface area contributed by atoms with Crippen molar-refractivity contribution >= 4 is 21.8 Å². The molecular weight excluding hydrogens is 356 g/mol. The van der Waals surface area contributed by atoms with Gasteiger partial charge in [0.1, 0.15) is 0 Å². The maximum Gasteiger partial charge on any atom is 0.223 e. The van der Waals surface area contributed by atoms with Gasteiger partial charge in [-0.05, 0) is 24.5 Å². The third-order valence-electron chi connectivity index (χ3n) is 4.92. The molecule has 2 heterocycles. The van der Waals surface area contributed by atoms with Gasteiger partial charge >= 0.3 is 0 Å². The van der Waals surface area contributed by atoms with E-state index in [0.717, 1.165) is 23.9 Å². The highest BCUT2D eigenvalue weighted by atomic mass is 79.9. The van der Waals surface area contributed by atoms with Crippen molar-refractivity contribution in [1.29, 1.82) is 0 Å². The number of halogens is 1. The number of carbonyl (C=O) groups is 1. The van der Waals surface area contributed by atoms with Gasteiger partial charge in [-0.2, -0.15) is 5.06 Å². The van der Waals surface area contributed by atoms with Crippen molar-refractivity contribution in [3.63, 3.8) is 0 Å². The number of nitrogens with zero attached hydrogens (tertiary/aromatic N) is 2. The van der Waals surface area contributed by atoms with Crippen LogP contribution < -0.4 is 0 Å². The topological polar surface area (TPSA) is 32.8 Å². The number of benzene rings is 1. The lowest BCUT2D eigenvalue weighted by Gasteiger charge is -2.42. The summed E-state index contributed by atoms with van der Waals surface area (Å²) in [7, 11) is 2.00. The normalized spacial score (nSPS) is 27.7. The second-order valence-electron chi connectivity index (χ2n) is 6.32. The molecule has 23 heavy (non-hydrogen) atoms. The first-order chi connectivity index (χ1) is 11.1. The van der Waals surface area contributed by atoms with E-state index < -0.39 is 0 Å². The molecule has 0 N–H and O–H groups in total. The lowest BCUT2D eigenvalue weighted by Crippen LogP contribution is -2.49. The van der Waals surface area contributed by atoms with E-state index in [0.29, 0.717) is 25.0 Å². The summed E-state index contributed by atoms with van der Waals surface area (Å²) < 4.78 is 1.06. The molecular formula is C18H23BrN2O2. The summed E-state index contributed by atoms with van der Waals surface area (Å²) in [6, 6.07) is 8.66. The number of piperidine rings is 1. The lowest BCUT2D eigenvalue weighted by molar-refractivity contribution is -0.139. The number of amides is 1. The highest BCUT2D eigenvalue weighted by molar-refractivity contribution is 9.10. The van der Waals surface area contributed by atoms with Crippen LogP contribution in [-0.4, -0.2) is 42.1 Å². The fourth-order valence-electron chi connectivity index (χ4n) is 3.65. The highest BCUT2D eigenvalue weighted by Crippen LogP contribution is 2.41. The van der Waals surface area contributed by atoms with Crippen molar-refractivity contribution in [3.05, 3.63) is 47.0 Å². The molecule has 0 aromatic heterocycles. The van der Waals surface area contributed by atoms with Gasteiger partial charge in [-0.3, -0.25) is 9.63 Å². The minimum Gasteiger partial charge on any atom is -0.335 e. The summed E-state index contributed by atoms with van der Waals surface area (Å²) in [6.45, 7) is 5.19. The van der Waals surface area contributed by atoms with E-state index in [9.17, 15) is 4.79 Å². The number of hydrogen-bond donors (Lipinski definition) is 0. The number of allylic oxidation sites excluding steroid dienone is 1. The van der Waals surface area contributed by atoms with Crippen LogP contribution >= 0.6 is 15.9 Å². The molecule has 124 valence electrons. The molecule has 1 aromatic carbocycles. The van der Waals surface area contributed by atoms with Gasteiger partial charge in [0.05, 0.1) is 12.6 Å². The number of hydrogen-bond acceptors (Lipinski definition) is 3. The van der Waals surface area contributed by atoms with E-state index >= 15 is 0 Å². The minimum atomic E-state index is 0.0910. The van der Waals surface area contributed by atoms with Gasteiger partial charge in [-0.1, -0.05) is 40.2 Å². The minimum absolute atomic E-state index is 0.0910. The van der Waals surface area contributed by atoms with Gasteiger partial charge in [0.25, 0.3) is 0 Å². The molecule has 0 spiro atoms. The molecule has 2 fully saturated rings. The Morgan fingerprint density at radius 2 is 2.26 bits per heavy atom. The van der Waals surface area contributed by atoms with Crippen LogP contribution in [0.3, 0.4) is 0 Å². The Hall–Kier alpha value is -1.17. The average molecular weight is 379 g/mol. The van der Waals surface area contributed by atoms with Gasteiger partial charge in [-0.15, -0.1) is 6.58 Å². The molecule has 0 unspecified atom stereocenters. The zero-order chi connectivity index (χ0) is 16.4. The maximum absolute atomic E-state index is 12.7. The predicted molar refractivity (Wildman–Crippen MR) is 93.6 cm³/mol. The Balaban J connectivity index is 1.89. The quantitative estimate of drug-likeness (QED) is 0.751. The molecule has 2 aliphatic heterocycles. The zero-order valence-corrected chi connectivity index (χ0v) is 15.0. The van der Waals surface area contributed by atoms with Gasteiger partial charge in [-0.25, -0.2) is 0 Å². The summed E-state index contributed by atoms with van der Waals surface area (Å²) in [5.41, 5.74) is 1.18. The van der Waals surface area contributed by atoms with Crippen LogP contribution in [0.5, 0.6) is 0 Å². The van der Waals surface area contributed by atoms with Gasteiger partial charge in [0, 0.05) is 36.4 Å². The van der Waals surface area contributed by atoms with Crippen molar-refractivity contribution in [2.75, 3.05) is 20.2 Å². The number of fused-ring (bicyclic) bond motifs is 1. The van der Waals surface area contributed by atoms with Crippen LogP contribution in [-0.2, 0) is 9.63 Å². The van der Waals surface area contributed by atoms with Crippen molar-refractivity contribution in [2.24, 2.45) is 5.92 Å². The standard InChI is InChI=1S/C18H23BrN2O2/c1-3-4-9-18(22)21-11-13-12-23-20(2)16(13)10-17(21)14-7-5-6-8-15(14)19/h3,5-8,13,16-17H,1,4,9-12H2,2H3/t13-,16-,17-/m0/s1. The molecule has 0 aliphatic carbocycles. The highest BCUT2D eigenvalue weighted by Gasteiger charge is 2.44. The van der Waals surface area contributed by atoms with Gasteiger partial charge in [0.15, 0.2) is 0 Å². The Kier molecular flexibility index (Phi) is 5.19. The largest absolute Gasteiger partial charge is 0.335 e. The fraction of sp³-hybridized carbons (Fsp3) is 0.500. The Bertz CT molecular complexity index is 592. The van der Waals surface area contributed by atoms with Crippen molar-refractivity contribution in [3.8, 4) is 0 Å². The maximum atomic E-state index is 12.7. The first-order valence-electron chi connectivity index (χ1n) is 8.12. The van der Waals surface area contributed by atoms with Gasteiger partial charge in [0.2, 0.25) is 5.91 Å². The summed E-state index contributed by atoms with van der Waals surface area (Å²) >= 11 is 3.65. The Labute approximate surface area is 146 Å². The molecule has 2 aliphatic rings. The molecule has 3 atom stereocenters. The predicted octanol–water partition coefficient (Wildman–Crippen LogP) is 3.55. The summed E-state index contributed by atoms with van der Waals surface area (Å²) in [4.78, 5) is 20.5. The van der Waals surface area contributed by atoms with Crippen LogP contribution in [0.2, 0.25) is 0 Å². The first kappa shape index (κ1) is 16.7. The first-order valence-corrected chi connectivity index (χ1v) is 8.91. The second kappa shape index (κ2) is 7.16. The summed E-state index contributed by atoms with van der Waals surface area (Å²) in [5.74, 6) is 0.602. The smallest absolute Gasteiger partial charge is 0.223 e. The fourth-order valence-corrected chi connectivity index (χ4v) is 4.20. The molecule has 2 saturated heterocycles. The van der Waals surface area contributed by atoms with E-state index in [-0.39, 0.29) is 11.9 Å². The molecule has 4 nitrogen and oxygen atoms in total. The van der Waals surface area contributed by atoms with Crippen LogP contribution in [0, 0.1) is 5.92 Å². The molecule has 1 aromatic rings. The monoisotopic (exact) mass is 378 g/mol. The SMILES string of the molecule is C=CCCC(=O)N1C[C@H]2CON(C)[C@H]2C[C@H]1c1ccccc1Br. The van der Waals surface area contributed by atoms with Crippen LogP contribution in [0.15, 0.2) is 41.4 Å². The molecule has 0 bridgehead atoms. The molecule has 5 heteroatoms. The number of hydroxylamine groups is 2. The molecule has 0 saturated carbocycles. The summed E-state index contributed by atoms with van der Waals surface area (Å²) in [5, 5.41) is 1.97. The second-order valence-corrected chi connectivity index (χ2v) is 7.17. The third kappa shape index (κ3) is 3.37. The van der Waals surface area contributed by atoms with E-state index in [1.54, 1.807) is 0 Å². The Morgan fingerprint density at radius 1 is 1.48 bits per heavy atom. The van der Waals surface area contributed by atoms with E-state index in [4.69, 9.17) is 4.84 Å². The van der Waals surface area contributed by atoms with E-state index in [2.05, 4.69) is 28.6 Å². The van der Waals surface area contributed by atoms with Crippen molar-refractivity contribution < 1.29 is 9.63 Å². The lowest BCUT2D eigenvalue weighted by atomic mass is 9.85. The van der Waals surface area contributed by atoms with Gasteiger partial charge < -0.3 is 4.90 Å². The number of likely N-dealkylation sites (tertiary alicyclic amines) is 1. The number of carbonyl (C=O) groups excluding carboxylic acids is 1.